The molecule has 0 bridgehead atoms. The second-order valence-electron chi connectivity index (χ2n) is 4.09. The lowest BCUT2D eigenvalue weighted by Gasteiger charge is -2.20. The number of aromatic nitrogens is 1. The highest BCUT2D eigenvalue weighted by Gasteiger charge is 2.14. The summed E-state index contributed by atoms with van der Waals surface area (Å²) in [6.45, 7) is 0. The van der Waals surface area contributed by atoms with Gasteiger partial charge >= 0.3 is 0 Å². The smallest absolute Gasteiger partial charge is 0.182 e. The quantitative estimate of drug-likeness (QED) is 0.828. The molecule has 78 valence electrons. The van der Waals surface area contributed by atoms with Crippen LogP contribution in [0.15, 0.2) is 6.20 Å². The molecule has 0 radical (unpaired) electrons. The van der Waals surface area contributed by atoms with E-state index in [0.717, 1.165) is 11.0 Å². The Morgan fingerprint density at radius 2 is 2.21 bits per heavy atom. The lowest BCUT2D eigenvalue weighted by Crippen LogP contribution is -2.08. The molecule has 1 N–H and O–H groups in total. The lowest BCUT2D eigenvalue weighted by molar-refractivity contribution is 0.358. The Labute approximate surface area is 89.8 Å². The summed E-state index contributed by atoms with van der Waals surface area (Å²) in [5.74, 6) is 0.925. The lowest BCUT2D eigenvalue weighted by atomic mass is 9.87. The van der Waals surface area contributed by atoms with Gasteiger partial charge < -0.3 is 5.32 Å². The van der Waals surface area contributed by atoms with Gasteiger partial charge in [-0.1, -0.05) is 32.1 Å². The van der Waals surface area contributed by atoms with E-state index in [9.17, 15) is 0 Å². The third kappa shape index (κ3) is 2.47. The first-order valence-corrected chi connectivity index (χ1v) is 6.32. The molecular weight excluding hydrogens is 192 g/mol. The summed E-state index contributed by atoms with van der Waals surface area (Å²) in [5.41, 5.74) is 0. The Bertz CT molecular complexity index is 277. The highest BCUT2D eigenvalue weighted by atomic mass is 32.1. The average molecular weight is 210 g/mol. The van der Waals surface area contributed by atoms with Gasteiger partial charge in [-0.3, -0.25) is 0 Å². The summed E-state index contributed by atoms with van der Waals surface area (Å²) < 4.78 is 0. The summed E-state index contributed by atoms with van der Waals surface area (Å²) in [5, 5.41) is 4.14. The van der Waals surface area contributed by atoms with E-state index in [1.807, 2.05) is 13.2 Å². The molecule has 0 unspecified atom stereocenters. The molecule has 1 saturated carbocycles. The van der Waals surface area contributed by atoms with Gasteiger partial charge in [-0.2, -0.15) is 0 Å². The molecule has 0 aliphatic heterocycles. The average Bonchev–Trinajstić information content (AvgIpc) is 2.67. The van der Waals surface area contributed by atoms with Gasteiger partial charge in [0.25, 0.3) is 0 Å². The van der Waals surface area contributed by atoms with Crippen molar-refractivity contribution < 1.29 is 0 Å². The van der Waals surface area contributed by atoms with E-state index < -0.39 is 0 Å². The minimum Gasteiger partial charge on any atom is -0.365 e. The van der Waals surface area contributed by atoms with Crippen LogP contribution in [-0.2, 0) is 6.42 Å². The van der Waals surface area contributed by atoms with Crippen LogP contribution in [0.4, 0.5) is 5.13 Å². The van der Waals surface area contributed by atoms with Crippen LogP contribution in [0.3, 0.4) is 0 Å². The van der Waals surface area contributed by atoms with Crippen molar-refractivity contribution in [2.24, 2.45) is 5.92 Å². The zero-order chi connectivity index (χ0) is 9.80. The number of rotatable bonds is 3. The van der Waals surface area contributed by atoms with Gasteiger partial charge in [-0.05, 0) is 12.3 Å². The van der Waals surface area contributed by atoms with Gasteiger partial charge in [0.05, 0.1) is 0 Å². The fourth-order valence-corrected chi connectivity index (χ4v) is 3.07. The Balaban J connectivity index is 1.89. The predicted octanol–water partition coefficient (Wildman–Crippen LogP) is 3.31. The van der Waals surface area contributed by atoms with Crippen molar-refractivity contribution in [2.45, 2.75) is 38.5 Å². The molecule has 3 heteroatoms. The molecule has 1 aromatic rings. The molecule has 0 spiro atoms. The Hall–Kier alpha value is -0.570. The second-order valence-corrected chi connectivity index (χ2v) is 5.21. The number of thiazole rings is 1. The summed E-state index contributed by atoms with van der Waals surface area (Å²) in [7, 11) is 1.93. The maximum atomic E-state index is 4.31. The van der Waals surface area contributed by atoms with Crippen molar-refractivity contribution in [1.29, 1.82) is 0 Å². The van der Waals surface area contributed by atoms with Crippen LogP contribution in [0.5, 0.6) is 0 Å². The molecule has 1 aromatic heterocycles. The minimum absolute atomic E-state index is 0.925. The number of nitrogens with zero attached hydrogens (tertiary/aromatic N) is 1. The van der Waals surface area contributed by atoms with E-state index in [1.165, 1.54) is 43.4 Å². The Kier molecular flexibility index (Phi) is 3.40. The van der Waals surface area contributed by atoms with Gasteiger partial charge in [0.1, 0.15) is 0 Å². The Morgan fingerprint density at radius 3 is 2.86 bits per heavy atom. The molecule has 14 heavy (non-hydrogen) atoms. The van der Waals surface area contributed by atoms with E-state index in [0.29, 0.717) is 0 Å². The van der Waals surface area contributed by atoms with Gasteiger partial charge in [0.2, 0.25) is 0 Å². The van der Waals surface area contributed by atoms with Crippen LogP contribution in [0, 0.1) is 5.92 Å². The van der Waals surface area contributed by atoms with Crippen LogP contribution in [0.2, 0.25) is 0 Å². The highest BCUT2D eigenvalue weighted by Crippen LogP contribution is 2.29. The fraction of sp³-hybridized carbons (Fsp3) is 0.727. The van der Waals surface area contributed by atoms with Gasteiger partial charge in [0.15, 0.2) is 5.13 Å². The predicted molar refractivity (Wildman–Crippen MR) is 61.9 cm³/mol. The highest BCUT2D eigenvalue weighted by molar-refractivity contribution is 7.15. The molecule has 1 fully saturated rings. The zero-order valence-corrected chi connectivity index (χ0v) is 9.57. The third-order valence-electron chi connectivity index (χ3n) is 2.98. The van der Waals surface area contributed by atoms with Crippen molar-refractivity contribution in [3.05, 3.63) is 11.1 Å². The van der Waals surface area contributed by atoms with E-state index >= 15 is 0 Å². The molecule has 1 aliphatic rings. The van der Waals surface area contributed by atoms with Crippen molar-refractivity contribution >= 4 is 16.5 Å². The third-order valence-corrected chi connectivity index (χ3v) is 4.02. The van der Waals surface area contributed by atoms with Crippen LogP contribution < -0.4 is 5.32 Å². The number of anilines is 1. The van der Waals surface area contributed by atoms with Crippen LogP contribution >= 0.6 is 11.3 Å². The molecule has 1 aliphatic carbocycles. The molecule has 0 atom stereocenters. The number of nitrogens with one attached hydrogen (secondary N) is 1. The van der Waals surface area contributed by atoms with E-state index in [4.69, 9.17) is 0 Å². The standard InChI is InChI=1S/C11H18N2S/c1-12-11-13-8-10(14-11)7-9-5-3-2-4-6-9/h8-9H,2-7H2,1H3,(H,12,13). The van der Waals surface area contributed by atoms with Gasteiger partial charge in [0, 0.05) is 18.1 Å². The topological polar surface area (TPSA) is 24.9 Å². The summed E-state index contributed by atoms with van der Waals surface area (Å²) in [6.07, 6.45) is 10.4. The van der Waals surface area contributed by atoms with Crippen molar-refractivity contribution in [1.82, 2.24) is 4.98 Å². The molecule has 2 nitrogen and oxygen atoms in total. The second kappa shape index (κ2) is 4.78. The van der Waals surface area contributed by atoms with Crippen LogP contribution in [0.25, 0.3) is 0 Å². The minimum atomic E-state index is 0.925. The van der Waals surface area contributed by atoms with Gasteiger partial charge in [-0.25, -0.2) is 4.98 Å². The molecule has 2 rings (SSSR count). The number of hydrogen-bond donors (Lipinski definition) is 1. The van der Waals surface area contributed by atoms with E-state index in [-0.39, 0.29) is 0 Å². The molecular formula is C11H18N2S. The van der Waals surface area contributed by atoms with Crippen LogP contribution in [0.1, 0.15) is 37.0 Å². The molecule has 1 heterocycles. The maximum Gasteiger partial charge on any atom is 0.182 e. The van der Waals surface area contributed by atoms with Crippen molar-refractivity contribution in [3.63, 3.8) is 0 Å². The first-order chi connectivity index (χ1) is 6.88. The van der Waals surface area contributed by atoms with E-state index in [1.54, 1.807) is 11.3 Å². The first-order valence-electron chi connectivity index (χ1n) is 5.51. The van der Waals surface area contributed by atoms with Crippen LogP contribution in [-0.4, -0.2) is 12.0 Å². The normalized spacial score (nSPS) is 18.4. The van der Waals surface area contributed by atoms with Crippen molar-refractivity contribution in [3.8, 4) is 0 Å². The molecule has 0 saturated heterocycles. The SMILES string of the molecule is CNc1ncc(CC2CCCCC2)s1. The summed E-state index contributed by atoms with van der Waals surface area (Å²) in [4.78, 5) is 5.75. The van der Waals surface area contributed by atoms with E-state index in [2.05, 4.69) is 10.3 Å². The summed E-state index contributed by atoms with van der Waals surface area (Å²) >= 11 is 1.80. The molecule has 0 amide bonds. The summed E-state index contributed by atoms with van der Waals surface area (Å²) in [6, 6.07) is 0. The Morgan fingerprint density at radius 1 is 1.43 bits per heavy atom. The first kappa shape index (κ1) is 9.97. The maximum absolute atomic E-state index is 4.31. The molecule has 0 aromatic carbocycles. The van der Waals surface area contributed by atoms with Gasteiger partial charge in [-0.15, -0.1) is 11.3 Å². The largest absolute Gasteiger partial charge is 0.365 e. The monoisotopic (exact) mass is 210 g/mol. The van der Waals surface area contributed by atoms with Crippen molar-refractivity contribution in [2.75, 3.05) is 12.4 Å². The fourth-order valence-electron chi connectivity index (χ4n) is 2.19. The zero-order valence-electron chi connectivity index (χ0n) is 8.75. The number of hydrogen-bond acceptors (Lipinski definition) is 3.